The van der Waals surface area contributed by atoms with Gasteiger partial charge in [0.05, 0.1) is 19.3 Å². The Kier molecular flexibility index (Phi) is 4.58. The van der Waals surface area contributed by atoms with Crippen molar-refractivity contribution in [2.45, 2.75) is 19.4 Å². The average molecular weight is 373 g/mol. The Balaban J connectivity index is 1.63. The number of likely N-dealkylation sites (N-methyl/N-ethyl adjacent to an activating group) is 1. The maximum atomic E-state index is 5.57. The van der Waals surface area contributed by atoms with Gasteiger partial charge in [0.1, 0.15) is 0 Å². The second-order valence-electron chi connectivity index (χ2n) is 8.12. The molecule has 0 aliphatic carbocycles. The number of rotatable bonds is 2. The van der Waals surface area contributed by atoms with Gasteiger partial charge in [0.25, 0.3) is 0 Å². The summed E-state index contributed by atoms with van der Waals surface area (Å²) in [4.78, 5) is 5.01. The van der Waals surface area contributed by atoms with Crippen molar-refractivity contribution in [3.8, 4) is 0 Å². The molecule has 28 heavy (non-hydrogen) atoms. The molecule has 2 aliphatic heterocycles. The van der Waals surface area contributed by atoms with Crippen LogP contribution in [0.4, 0.5) is 5.69 Å². The van der Waals surface area contributed by atoms with Crippen molar-refractivity contribution in [3.63, 3.8) is 0 Å². The first-order valence-corrected chi connectivity index (χ1v) is 10.4. The molecule has 0 bridgehead atoms. The Bertz CT molecular complexity index is 1010. The Morgan fingerprint density at radius 1 is 0.893 bits per heavy atom. The minimum absolute atomic E-state index is 0.314. The predicted molar refractivity (Wildman–Crippen MR) is 116 cm³/mol. The number of anilines is 1. The summed E-state index contributed by atoms with van der Waals surface area (Å²) in [5, 5.41) is 2.63. The molecule has 5 rings (SSSR count). The van der Waals surface area contributed by atoms with Crippen LogP contribution in [0.2, 0.25) is 0 Å². The van der Waals surface area contributed by atoms with Crippen LogP contribution in [0.15, 0.2) is 54.6 Å². The summed E-state index contributed by atoms with van der Waals surface area (Å²) in [5.74, 6) is 0. The zero-order valence-electron chi connectivity index (χ0n) is 16.8. The third-order valence-corrected chi connectivity index (χ3v) is 6.47. The van der Waals surface area contributed by atoms with Crippen molar-refractivity contribution in [2.75, 3.05) is 44.8 Å². The molecule has 144 valence electrons. The first-order chi connectivity index (χ1) is 13.7. The fourth-order valence-corrected chi connectivity index (χ4v) is 4.96. The van der Waals surface area contributed by atoms with Gasteiger partial charge in [-0.15, -0.1) is 0 Å². The van der Waals surface area contributed by atoms with E-state index < -0.39 is 0 Å². The molecule has 3 aromatic carbocycles. The van der Waals surface area contributed by atoms with Gasteiger partial charge in [0.2, 0.25) is 0 Å². The highest BCUT2D eigenvalue weighted by molar-refractivity contribution is 5.83. The van der Waals surface area contributed by atoms with Crippen LogP contribution in [0.3, 0.4) is 0 Å². The minimum atomic E-state index is 0.314. The molecule has 1 unspecified atom stereocenters. The number of morpholine rings is 1. The number of ether oxygens (including phenoxy) is 1. The second-order valence-corrected chi connectivity index (χ2v) is 8.12. The molecule has 3 heteroatoms. The van der Waals surface area contributed by atoms with Crippen LogP contribution in [-0.2, 0) is 11.2 Å². The van der Waals surface area contributed by atoms with Crippen LogP contribution in [0, 0.1) is 6.92 Å². The van der Waals surface area contributed by atoms with Gasteiger partial charge >= 0.3 is 0 Å². The summed E-state index contributed by atoms with van der Waals surface area (Å²) >= 11 is 0. The van der Waals surface area contributed by atoms with E-state index in [1.54, 1.807) is 0 Å². The van der Waals surface area contributed by atoms with Gasteiger partial charge in [-0.05, 0) is 65.6 Å². The zero-order chi connectivity index (χ0) is 19.1. The van der Waals surface area contributed by atoms with Crippen LogP contribution in [-0.4, -0.2) is 44.8 Å². The molecule has 0 saturated carbocycles. The highest BCUT2D eigenvalue weighted by atomic mass is 16.5. The van der Waals surface area contributed by atoms with E-state index >= 15 is 0 Å². The summed E-state index contributed by atoms with van der Waals surface area (Å²) in [6.07, 6.45) is 1.13. The van der Waals surface area contributed by atoms with Crippen LogP contribution in [0.25, 0.3) is 10.8 Å². The number of nitrogens with zero attached hydrogens (tertiary/aromatic N) is 2. The Labute approximate surface area is 167 Å². The van der Waals surface area contributed by atoms with Gasteiger partial charge in [-0.2, -0.15) is 0 Å². The molecule has 0 aromatic heterocycles. The molecule has 3 nitrogen and oxygen atoms in total. The average Bonchev–Trinajstić information content (AvgIpc) is 2.74. The normalized spacial score (nSPS) is 20.4. The minimum Gasteiger partial charge on any atom is -0.378 e. The zero-order valence-corrected chi connectivity index (χ0v) is 16.8. The largest absolute Gasteiger partial charge is 0.378 e. The van der Waals surface area contributed by atoms with Gasteiger partial charge in [0, 0.05) is 25.3 Å². The first kappa shape index (κ1) is 17.7. The Hall–Kier alpha value is -2.36. The molecular weight excluding hydrogens is 344 g/mol. The topological polar surface area (TPSA) is 15.7 Å². The van der Waals surface area contributed by atoms with Crippen LogP contribution in [0.1, 0.15) is 28.3 Å². The van der Waals surface area contributed by atoms with E-state index in [-0.39, 0.29) is 0 Å². The molecule has 3 aromatic rings. The summed E-state index contributed by atoms with van der Waals surface area (Å²) in [7, 11) is 2.27. The first-order valence-electron chi connectivity index (χ1n) is 10.4. The smallest absolute Gasteiger partial charge is 0.0642 e. The summed E-state index contributed by atoms with van der Waals surface area (Å²) in [6, 6.07) is 20.7. The van der Waals surface area contributed by atoms with Gasteiger partial charge in [-0.25, -0.2) is 0 Å². The van der Waals surface area contributed by atoms with Crippen LogP contribution < -0.4 is 4.90 Å². The Morgan fingerprint density at radius 3 is 2.50 bits per heavy atom. The second kappa shape index (κ2) is 7.23. The lowest BCUT2D eigenvalue weighted by Gasteiger charge is -2.38. The molecular formula is C25H28N2O. The summed E-state index contributed by atoms with van der Waals surface area (Å²) < 4.78 is 5.57. The lowest BCUT2D eigenvalue weighted by molar-refractivity contribution is 0.122. The predicted octanol–water partition coefficient (Wildman–Crippen LogP) is 4.56. The lowest BCUT2D eigenvalue weighted by Crippen LogP contribution is -2.38. The summed E-state index contributed by atoms with van der Waals surface area (Å²) in [5.41, 5.74) is 7.22. The van der Waals surface area contributed by atoms with Crippen molar-refractivity contribution in [1.82, 2.24) is 4.90 Å². The van der Waals surface area contributed by atoms with E-state index in [0.29, 0.717) is 6.04 Å². The van der Waals surface area contributed by atoms with Crippen LogP contribution >= 0.6 is 0 Å². The molecule has 2 aliphatic rings. The maximum absolute atomic E-state index is 5.57. The fraction of sp³-hybridized carbons (Fsp3) is 0.360. The highest BCUT2D eigenvalue weighted by Gasteiger charge is 2.30. The molecule has 1 fully saturated rings. The van der Waals surface area contributed by atoms with E-state index in [1.807, 2.05) is 0 Å². The van der Waals surface area contributed by atoms with E-state index in [4.69, 9.17) is 4.74 Å². The van der Waals surface area contributed by atoms with Gasteiger partial charge < -0.3 is 9.64 Å². The molecule has 1 saturated heterocycles. The molecule has 2 heterocycles. The molecule has 0 N–H and O–H groups in total. The molecule has 1 atom stereocenters. The van der Waals surface area contributed by atoms with Gasteiger partial charge in [-0.3, -0.25) is 4.90 Å². The standard InChI is InChI=1S/C25H28N2O/c1-18-23(27-13-15-28-16-14-27)10-9-20-11-12-26(2)25(24(18)20)22-8-7-19-5-3-4-6-21(19)17-22/h3-10,17,25H,11-16H2,1-2H3. The Morgan fingerprint density at radius 2 is 1.68 bits per heavy atom. The molecule has 0 spiro atoms. The quantitative estimate of drug-likeness (QED) is 0.656. The fourth-order valence-electron chi connectivity index (χ4n) is 4.96. The molecule has 0 amide bonds. The van der Waals surface area contributed by atoms with Crippen molar-refractivity contribution in [2.24, 2.45) is 0 Å². The van der Waals surface area contributed by atoms with Crippen LogP contribution in [0.5, 0.6) is 0 Å². The monoisotopic (exact) mass is 372 g/mol. The van der Waals surface area contributed by atoms with E-state index in [9.17, 15) is 0 Å². The van der Waals surface area contributed by atoms with E-state index in [1.165, 1.54) is 38.7 Å². The molecule has 0 radical (unpaired) electrons. The van der Waals surface area contributed by atoms with E-state index in [2.05, 4.69) is 78.4 Å². The van der Waals surface area contributed by atoms with E-state index in [0.717, 1.165) is 39.3 Å². The van der Waals surface area contributed by atoms with Crippen molar-refractivity contribution >= 4 is 16.5 Å². The third-order valence-electron chi connectivity index (χ3n) is 6.47. The number of fused-ring (bicyclic) bond motifs is 2. The highest BCUT2D eigenvalue weighted by Crippen LogP contribution is 2.40. The summed E-state index contributed by atoms with van der Waals surface area (Å²) in [6.45, 7) is 7.03. The number of hydrogen-bond donors (Lipinski definition) is 0. The lowest BCUT2D eigenvalue weighted by atomic mass is 9.84. The van der Waals surface area contributed by atoms with Crippen molar-refractivity contribution in [3.05, 3.63) is 76.9 Å². The van der Waals surface area contributed by atoms with Crippen molar-refractivity contribution < 1.29 is 4.74 Å². The SMILES string of the molecule is Cc1c(N2CCOCC2)ccc2c1C(c1ccc3ccccc3c1)N(C)CC2. The number of benzene rings is 3. The number of hydrogen-bond acceptors (Lipinski definition) is 3. The maximum Gasteiger partial charge on any atom is 0.0642 e. The van der Waals surface area contributed by atoms with Crippen molar-refractivity contribution in [1.29, 1.82) is 0 Å². The third kappa shape index (κ3) is 2.99. The van der Waals surface area contributed by atoms with Gasteiger partial charge in [0.15, 0.2) is 0 Å². The van der Waals surface area contributed by atoms with Gasteiger partial charge in [-0.1, -0.05) is 42.5 Å².